The molecule has 0 aliphatic carbocycles. The molecular formula is C13H15ClN2S2. The average Bonchev–Trinajstić information content (AvgIpc) is 2.82. The van der Waals surface area contributed by atoms with Crippen LogP contribution in [-0.2, 0) is 6.54 Å². The van der Waals surface area contributed by atoms with Crippen LogP contribution < -0.4 is 5.32 Å². The number of aromatic nitrogens is 1. The van der Waals surface area contributed by atoms with E-state index >= 15 is 0 Å². The van der Waals surface area contributed by atoms with Gasteiger partial charge in [-0.2, -0.15) is 0 Å². The smallest absolute Gasteiger partial charge is 0.154 e. The highest BCUT2D eigenvalue weighted by Crippen LogP contribution is 2.33. The number of nitrogens with one attached hydrogen (secondary N) is 1. The first-order chi connectivity index (χ1) is 8.65. The Bertz CT molecular complexity index is 498. The lowest BCUT2D eigenvalue weighted by Crippen LogP contribution is -2.22. The predicted molar refractivity (Wildman–Crippen MR) is 79.7 cm³/mol. The van der Waals surface area contributed by atoms with E-state index in [0.29, 0.717) is 6.04 Å². The van der Waals surface area contributed by atoms with Gasteiger partial charge < -0.3 is 5.32 Å². The molecule has 1 heterocycles. The highest BCUT2D eigenvalue weighted by molar-refractivity contribution is 8.01. The van der Waals surface area contributed by atoms with Crippen LogP contribution in [0.15, 0.2) is 39.0 Å². The maximum Gasteiger partial charge on any atom is 0.154 e. The van der Waals surface area contributed by atoms with E-state index in [0.717, 1.165) is 15.9 Å². The molecule has 2 rings (SSSR count). The Labute approximate surface area is 121 Å². The van der Waals surface area contributed by atoms with Crippen molar-refractivity contribution in [3.8, 4) is 0 Å². The van der Waals surface area contributed by atoms with Crippen molar-refractivity contribution in [2.45, 2.75) is 35.7 Å². The summed E-state index contributed by atoms with van der Waals surface area (Å²) in [6, 6.07) is 6.47. The quantitative estimate of drug-likeness (QED) is 0.883. The van der Waals surface area contributed by atoms with E-state index < -0.39 is 0 Å². The van der Waals surface area contributed by atoms with Crippen molar-refractivity contribution in [1.82, 2.24) is 10.3 Å². The average molecular weight is 299 g/mol. The highest BCUT2D eigenvalue weighted by Gasteiger charge is 2.07. The fraction of sp³-hybridized carbons (Fsp3) is 0.308. The molecule has 0 amide bonds. The minimum absolute atomic E-state index is 0.460. The van der Waals surface area contributed by atoms with Crippen LogP contribution in [0, 0.1) is 0 Å². The normalized spacial score (nSPS) is 11.1. The fourth-order valence-electron chi connectivity index (χ4n) is 1.45. The maximum absolute atomic E-state index is 6.06. The molecule has 2 aromatic rings. The third kappa shape index (κ3) is 3.99. The third-order valence-electron chi connectivity index (χ3n) is 2.33. The van der Waals surface area contributed by atoms with Crippen molar-refractivity contribution in [1.29, 1.82) is 0 Å². The number of benzene rings is 1. The van der Waals surface area contributed by atoms with Gasteiger partial charge in [0.25, 0.3) is 0 Å². The second-order valence-corrected chi connectivity index (χ2v) is 6.81. The van der Waals surface area contributed by atoms with Gasteiger partial charge in [-0.15, -0.1) is 11.3 Å². The van der Waals surface area contributed by atoms with E-state index in [-0.39, 0.29) is 0 Å². The third-order valence-corrected chi connectivity index (χ3v) is 4.57. The fourth-order valence-corrected chi connectivity index (χ4v) is 3.34. The first-order valence-electron chi connectivity index (χ1n) is 5.74. The zero-order valence-electron chi connectivity index (χ0n) is 10.3. The van der Waals surface area contributed by atoms with E-state index in [1.54, 1.807) is 23.1 Å². The molecule has 0 bridgehead atoms. The van der Waals surface area contributed by atoms with Gasteiger partial charge in [0.05, 0.1) is 0 Å². The van der Waals surface area contributed by atoms with Crippen molar-refractivity contribution in [3.63, 3.8) is 0 Å². The van der Waals surface area contributed by atoms with Gasteiger partial charge in [0.2, 0.25) is 0 Å². The molecule has 2 nitrogen and oxygen atoms in total. The number of rotatable bonds is 5. The summed E-state index contributed by atoms with van der Waals surface area (Å²) in [6.07, 6.45) is 1.83. The molecular weight excluding hydrogens is 284 g/mol. The summed E-state index contributed by atoms with van der Waals surface area (Å²) in [7, 11) is 0. The Balaban J connectivity index is 2.17. The van der Waals surface area contributed by atoms with Crippen LogP contribution in [0.3, 0.4) is 0 Å². The molecule has 0 saturated carbocycles. The minimum Gasteiger partial charge on any atom is -0.310 e. The van der Waals surface area contributed by atoms with Crippen LogP contribution in [0.5, 0.6) is 0 Å². The number of hydrogen-bond donors (Lipinski definition) is 1. The molecule has 0 radical (unpaired) electrons. The van der Waals surface area contributed by atoms with Gasteiger partial charge in [-0.25, -0.2) is 4.98 Å². The van der Waals surface area contributed by atoms with Gasteiger partial charge in [-0.3, -0.25) is 0 Å². The SMILES string of the molecule is CC(C)NCc1cc(Cl)ccc1Sc1nccs1. The second-order valence-electron chi connectivity index (χ2n) is 4.19. The molecule has 96 valence electrons. The number of nitrogens with zero attached hydrogens (tertiary/aromatic N) is 1. The molecule has 1 aromatic heterocycles. The van der Waals surface area contributed by atoms with Crippen LogP contribution in [0.25, 0.3) is 0 Å². The van der Waals surface area contributed by atoms with E-state index in [2.05, 4.69) is 30.2 Å². The summed E-state index contributed by atoms with van der Waals surface area (Å²) < 4.78 is 1.06. The summed E-state index contributed by atoms with van der Waals surface area (Å²) in [4.78, 5) is 5.51. The van der Waals surface area contributed by atoms with Gasteiger partial charge in [0.15, 0.2) is 4.34 Å². The van der Waals surface area contributed by atoms with E-state index in [9.17, 15) is 0 Å². The summed E-state index contributed by atoms with van der Waals surface area (Å²) in [5.74, 6) is 0. The van der Waals surface area contributed by atoms with Crippen LogP contribution in [-0.4, -0.2) is 11.0 Å². The van der Waals surface area contributed by atoms with Crippen molar-refractivity contribution >= 4 is 34.7 Å². The Morgan fingerprint density at radius 3 is 2.94 bits per heavy atom. The molecule has 0 saturated heterocycles. The first-order valence-corrected chi connectivity index (χ1v) is 7.81. The maximum atomic E-state index is 6.06. The molecule has 0 atom stereocenters. The minimum atomic E-state index is 0.460. The largest absolute Gasteiger partial charge is 0.310 e. The lowest BCUT2D eigenvalue weighted by Gasteiger charge is -2.12. The van der Waals surface area contributed by atoms with Gasteiger partial charge >= 0.3 is 0 Å². The lowest BCUT2D eigenvalue weighted by atomic mass is 10.2. The summed E-state index contributed by atoms with van der Waals surface area (Å²) >= 11 is 9.41. The molecule has 0 unspecified atom stereocenters. The van der Waals surface area contributed by atoms with Crippen molar-refractivity contribution in [3.05, 3.63) is 40.4 Å². The van der Waals surface area contributed by atoms with E-state index in [4.69, 9.17) is 11.6 Å². The van der Waals surface area contributed by atoms with Gasteiger partial charge in [0.1, 0.15) is 0 Å². The Hall–Kier alpha value is -0.550. The zero-order valence-corrected chi connectivity index (χ0v) is 12.7. The van der Waals surface area contributed by atoms with Crippen LogP contribution in [0.4, 0.5) is 0 Å². The van der Waals surface area contributed by atoms with Gasteiger partial charge in [-0.05, 0) is 23.8 Å². The van der Waals surface area contributed by atoms with E-state index in [1.807, 2.05) is 23.7 Å². The van der Waals surface area contributed by atoms with Crippen molar-refractivity contribution < 1.29 is 0 Å². The zero-order chi connectivity index (χ0) is 13.0. The highest BCUT2D eigenvalue weighted by atomic mass is 35.5. The van der Waals surface area contributed by atoms with E-state index in [1.165, 1.54) is 10.5 Å². The molecule has 1 N–H and O–H groups in total. The summed E-state index contributed by atoms with van der Waals surface area (Å²) in [5.41, 5.74) is 1.22. The lowest BCUT2D eigenvalue weighted by molar-refractivity contribution is 0.585. The van der Waals surface area contributed by atoms with Gasteiger partial charge in [0, 0.05) is 34.1 Å². The standard InChI is InChI=1S/C13H15ClN2S2/c1-9(2)16-8-10-7-11(14)3-4-12(10)18-13-15-5-6-17-13/h3-7,9,16H,8H2,1-2H3. The first kappa shape index (κ1) is 13.9. The molecule has 1 aromatic carbocycles. The monoisotopic (exact) mass is 298 g/mol. The topological polar surface area (TPSA) is 24.9 Å². The number of hydrogen-bond acceptors (Lipinski definition) is 4. The number of thiazole rings is 1. The molecule has 18 heavy (non-hydrogen) atoms. The van der Waals surface area contributed by atoms with Crippen LogP contribution in [0.2, 0.25) is 5.02 Å². The molecule has 5 heteroatoms. The predicted octanol–water partition coefficient (Wildman–Crippen LogP) is 4.45. The molecule has 0 fully saturated rings. The molecule has 0 spiro atoms. The Kier molecular flexibility index (Phi) is 5.06. The summed E-state index contributed by atoms with van der Waals surface area (Å²) in [5, 5.41) is 6.19. The van der Waals surface area contributed by atoms with Crippen molar-refractivity contribution in [2.24, 2.45) is 0 Å². The molecule has 0 aliphatic heterocycles. The number of halogens is 1. The van der Waals surface area contributed by atoms with Crippen molar-refractivity contribution in [2.75, 3.05) is 0 Å². The summed E-state index contributed by atoms with van der Waals surface area (Å²) in [6.45, 7) is 5.10. The van der Waals surface area contributed by atoms with Crippen LogP contribution in [0.1, 0.15) is 19.4 Å². The molecule has 0 aliphatic rings. The second kappa shape index (κ2) is 6.57. The Morgan fingerprint density at radius 1 is 1.44 bits per heavy atom. The van der Waals surface area contributed by atoms with Crippen LogP contribution >= 0.6 is 34.7 Å². The Morgan fingerprint density at radius 2 is 2.28 bits per heavy atom. The van der Waals surface area contributed by atoms with Gasteiger partial charge in [-0.1, -0.05) is 37.2 Å².